The summed E-state index contributed by atoms with van der Waals surface area (Å²) in [6.07, 6.45) is 2.10. The lowest BCUT2D eigenvalue weighted by atomic mass is 9.94. The van der Waals surface area contributed by atoms with Gasteiger partial charge in [-0.05, 0) is 55.3 Å². The third-order valence-corrected chi connectivity index (χ3v) is 7.66. The summed E-state index contributed by atoms with van der Waals surface area (Å²) in [5.41, 5.74) is 2.02. The van der Waals surface area contributed by atoms with Gasteiger partial charge in [0, 0.05) is 17.0 Å². The van der Waals surface area contributed by atoms with Crippen LogP contribution in [0.15, 0.2) is 60.7 Å². The van der Waals surface area contributed by atoms with Gasteiger partial charge in [0.25, 0.3) is 5.78 Å². The topological polar surface area (TPSA) is 106 Å². The fourth-order valence-corrected chi connectivity index (χ4v) is 5.81. The highest BCUT2D eigenvalue weighted by atomic mass is 35.5. The molecule has 2 atom stereocenters. The van der Waals surface area contributed by atoms with E-state index in [1.165, 1.54) is 11.0 Å². The van der Waals surface area contributed by atoms with Crippen LogP contribution in [-0.2, 0) is 20.7 Å². The predicted molar refractivity (Wildman–Crippen MR) is 144 cm³/mol. The van der Waals surface area contributed by atoms with Gasteiger partial charge >= 0.3 is 11.9 Å². The van der Waals surface area contributed by atoms with Gasteiger partial charge in [-0.2, -0.15) is 0 Å². The number of ketones is 1. The lowest BCUT2D eigenvalue weighted by Crippen LogP contribution is -2.29. The number of anilines is 1. The smallest absolute Gasteiger partial charge is 0.350 e. The van der Waals surface area contributed by atoms with Gasteiger partial charge in [-0.3, -0.25) is 14.5 Å². The fourth-order valence-electron chi connectivity index (χ4n) is 4.62. The number of carbonyl (C=O) groups excluding carboxylic acids is 3. The summed E-state index contributed by atoms with van der Waals surface area (Å²) in [6, 6.07) is 10.8. The SMILES string of the molecule is C=CCOC(=O)c1sc(N2C(=O)C(=O)/C(=C(\O)c3ccc4c(c3)CC(C)O4)C2c2cccc(Cl)c2)nc1C. The molecule has 10 heteroatoms. The number of carbonyl (C=O) groups is 3. The molecule has 2 aliphatic heterocycles. The highest BCUT2D eigenvalue weighted by Crippen LogP contribution is 2.45. The number of aromatic nitrogens is 1. The van der Waals surface area contributed by atoms with Crippen LogP contribution >= 0.6 is 22.9 Å². The Morgan fingerprint density at radius 1 is 1.32 bits per heavy atom. The van der Waals surface area contributed by atoms with Crippen LogP contribution in [0.5, 0.6) is 5.75 Å². The van der Waals surface area contributed by atoms with E-state index in [0.717, 1.165) is 22.6 Å². The largest absolute Gasteiger partial charge is 0.507 e. The number of nitrogens with zero attached hydrogens (tertiary/aromatic N) is 2. The van der Waals surface area contributed by atoms with Gasteiger partial charge in [0.15, 0.2) is 5.13 Å². The summed E-state index contributed by atoms with van der Waals surface area (Å²) >= 11 is 7.20. The number of benzene rings is 2. The summed E-state index contributed by atoms with van der Waals surface area (Å²) in [5, 5.41) is 11.9. The molecular formula is C28H23ClN2O6S. The molecule has 1 amide bonds. The molecule has 2 aromatic carbocycles. The van der Waals surface area contributed by atoms with Crippen molar-refractivity contribution >= 4 is 51.5 Å². The van der Waals surface area contributed by atoms with Crippen molar-refractivity contribution in [1.29, 1.82) is 0 Å². The molecule has 3 aromatic rings. The number of thiazole rings is 1. The molecule has 0 bridgehead atoms. The monoisotopic (exact) mass is 550 g/mol. The number of rotatable bonds is 6. The van der Waals surface area contributed by atoms with Crippen molar-refractivity contribution in [3.05, 3.63) is 93.0 Å². The van der Waals surface area contributed by atoms with Gasteiger partial charge in [-0.15, -0.1) is 0 Å². The van der Waals surface area contributed by atoms with E-state index in [1.807, 2.05) is 6.92 Å². The molecule has 38 heavy (non-hydrogen) atoms. The number of aliphatic hydroxyl groups excluding tert-OH is 1. The molecule has 5 rings (SSSR count). The first kappa shape index (κ1) is 25.7. The van der Waals surface area contributed by atoms with Crippen molar-refractivity contribution in [2.24, 2.45) is 0 Å². The number of amides is 1. The summed E-state index contributed by atoms with van der Waals surface area (Å²) in [6.45, 7) is 7.11. The fraction of sp³-hybridized carbons (Fsp3) is 0.214. The van der Waals surface area contributed by atoms with Crippen LogP contribution in [0.1, 0.15) is 45.0 Å². The van der Waals surface area contributed by atoms with Gasteiger partial charge in [0.05, 0.1) is 17.3 Å². The molecule has 3 heterocycles. The van der Waals surface area contributed by atoms with Crippen LogP contribution in [0, 0.1) is 6.92 Å². The Morgan fingerprint density at radius 2 is 2.11 bits per heavy atom. The lowest BCUT2D eigenvalue weighted by molar-refractivity contribution is -0.132. The van der Waals surface area contributed by atoms with Gasteiger partial charge in [0.2, 0.25) is 0 Å². The summed E-state index contributed by atoms with van der Waals surface area (Å²) in [5.74, 6) is -1.97. The van der Waals surface area contributed by atoms with Crippen LogP contribution in [0.2, 0.25) is 5.02 Å². The maximum absolute atomic E-state index is 13.4. The number of fused-ring (bicyclic) bond motifs is 1. The third kappa shape index (κ3) is 4.48. The number of ether oxygens (including phenoxy) is 2. The van der Waals surface area contributed by atoms with E-state index in [9.17, 15) is 19.5 Å². The summed E-state index contributed by atoms with van der Waals surface area (Å²) in [7, 11) is 0. The molecule has 0 aliphatic carbocycles. The second-order valence-corrected chi connectivity index (χ2v) is 10.4. The maximum Gasteiger partial charge on any atom is 0.350 e. The molecular weight excluding hydrogens is 528 g/mol. The van der Waals surface area contributed by atoms with Crippen molar-refractivity contribution in [2.45, 2.75) is 32.4 Å². The first-order valence-corrected chi connectivity index (χ1v) is 13.0. The van der Waals surface area contributed by atoms with Gasteiger partial charge in [0.1, 0.15) is 29.1 Å². The van der Waals surface area contributed by atoms with Gasteiger partial charge in [-0.1, -0.05) is 47.7 Å². The Bertz CT molecular complexity index is 1530. The van der Waals surface area contributed by atoms with Crippen molar-refractivity contribution in [2.75, 3.05) is 11.5 Å². The zero-order valence-corrected chi connectivity index (χ0v) is 22.1. The van der Waals surface area contributed by atoms with E-state index in [-0.39, 0.29) is 34.1 Å². The Balaban J connectivity index is 1.65. The highest BCUT2D eigenvalue weighted by Gasteiger charge is 2.48. The number of esters is 1. The second kappa shape index (κ2) is 10.1. The molecule has 0 spiro atoms. The standard InChI is InChI=1S/C28H23ClN2O6S/c1-4-10-36-27(35)25-15(3)30-28(38-25)31-22(16-6-5-7-19(29)13-16)21(24(33)26(31)34)23(32)17-8-9-20-18(12-17)11-14(2)37-20/h4-9,12-14,22,32H,1,10-11H2,2-3H3/b23-21-. The molecule has 0 saturated carbocycles. The minimum atomic E-state index is -1.03. The molecule has 194 valence electrons. The van der Waals surface area contributed by atoms with Crippen molar-refractivity contribution in [3.8, 4) is 5.75 Å². The van der Waals surface area contributed by atoms with E-state index >= 15 is 0 Å². The van der Waals surface area contributed by atoms with Crippen LogP contribution in [0.3, 0.4) is 0 Å². The molecule has 8 nitrogen and oxygen atoms in total. The first-order chi connectivity index (χ1) is 18.2. The highest BCUT2D eigenvalue weighted by molar-refractivity contribution is 7.17. The normalized spacial score (nSPS) is 19.8. The van der Waals surface area contributed by atoms with E-state index in [4.69, 9.17) is 21.1 Å². The van der Waals surface area contributed by atoms with E-state index in [2.05, 4.69) is 11.6 Å². The van der Waals surface area contributed by atoms with E-state index in [0.29, 0.717) is 28.3 Å². The third-order valence-electron chi connectivity index (χ3n) is 6.29. The molecule has 1 N–H and O–H groups in total. The van der Waals surface area contributed by atoms with Crippen LogP contribution in [0.4, 0.5) is 5.13 Å². The molecule has 2 unspecified atom stereocenters. The van der Waals surface area contributed by atoms with Crippen molar-refractivity contribution < 1.29 is 29.0 Å². The molecule has 1 saturated heterocycles. The van der Waals surface area contributed by atoms with E-state index in [1.54, 1.807) is 49.4 Å². The molecule has 2 aliphatic rings. The molecule has 1 aromatic heterocycles. The predicted octanol–water partition coefficient (Wildman–Crippen LogP) is 5.40. The quantitative estimate of drug-likeness (QED) is 0.144. The maximum atomic E-state index is 13.4. The minimum absolute atomic E-state index is 0.0000508. The average Bonchev–Trinajstić information content (AvgIpc) is 3.54. The number of halogens is 1. The first-order valence-electron chi connectivity index (χ1n) is 11.8. The lowest BCUT2D eigenvalue weighted by Gasteiger charge is -2.23. The zero-order valence-electron chi connectivity index (χ0n) is 20.6. The Kier molecular flexibility index (Phi) is 6.81. The van der Waals surface area contributed by atoms with Gasteiger partial charge < -0.3 is 14.6 Å². The average molecular weight is 551 g/mol. The van der Waals surface area contributed by atoms with Crippen molar-refractivity contribution in [1.82, 2.24) is 4.98 Å². The summed E-state index contributed by atoms with van der Waals surface area (Å²) < 4.78 is 10.9. The Morgan fingerprint density at radius 3 is 2.84 bits per heavy atom. The van der Waals surface area contributed by atoms with Crippen LogP contribution < -0.4 is 9.64 Å². The Hall–Kier alpha value is -3.95. The van der Waals surface area contributed by atoms with Crippen LogP contribution in [0.25, 0.3) is 5.76 Å². The number of Topliss-reactive ketones (excluding diaryl/α,β-unsaturated/α-hetero) is 1. The number of hydrogen-bond donors (Lipinski definition) is 1. The number of aliphatic hydroxyl groups is 1. The zero-order chi connectivity index (χ0) is 27.1. The molecule has 1 fully saturated rings. The molecule has 0 radical (unpaired) electrons. The number of aryl methyl sites for hydroxylation is 1. The van der Waals surface area contributed by atoms with Crippen molar-refractivity contribution in [3.63, 3.8) is 0 Å². The minimum Gasteiger partial charge on any atom is -0.507 e. The summed E-state index contributed by atoms with van der Waals surface area (Å²) in [4.78, 5) is 45.2. The van der Waals surface area contributed by atoms with Crippen LogP contribution in [-0.4, -0.2) is 40.5 Å². The van der Waals surface area contributed by atoms with Gasteiger partial charge in [-0.25, -0.2) is 9.78 Å². The Labute approximate surface area is 227 Å². The van der Waals surface area contributed by atoms with E-state index < -0.39 is 23.7 Å². The second-order valence-electron chi connectivity index (χ2n) is 8.98. The number of hydrogen-bond acceptors (Lipinski definition) is 8.